The second kappa shape index (κ2) is 10.4. The van der Waals surface area contributed by atoms with Gasteiger partial charge in [0, 0.05) is 22.2 Å². The van der Waals surface area contributed by atoms with Crippen molar-refractivity contribution in [1.82, 2.24) is 0 Å². The van der Waals surface area contributed by atoms with Crippen molar-refractivity contribution >= 4 is 27.8 Å². The van der Waals surface area contributed by atoms with Gasteiger partial charge in [-0.25, -0.2) is 0 Å². The molecule has 0 radical (unpaired) electrons. The van der Waals surface area contributed by atoms with Gasteiger partial charge in [-0.05, 0) is 80.2 Å². The van der Waals surface area contributed by atoms with E-state index >= 15 is 0 Å². The minimum atomic E-state index is -0.136. The highest BCUT2D eigenvalue weighted by Crippen LogP contribution is 2.56. The Hall–Kier alpha value is -5.40. The zero-order valence-corrected chi connectivity index (χ0v) is 25.0. The molecular weight excluding hydrogens is 530 g/mol. The van der Waals surface area contributed by atoms with Crippen LogP contribution in [0.2, 0.25) is 0 Å². The first-order valence-electron chi connectivity index (χ1n) is 15.4. The van der Waals surface area contributed by atoms with E-state index in [4.69, 9.17) is 0 Å². The molecule has 1 aliphatic rings. The lowest BCUT2D eigenvalue weighted by Gasteiger charge is -2.29. The quantitative estimate of drug-likeness (QED) is 0.201. The summed E-state index contributed by atoms with van der Waals surface area (Å²) in [5.74, 6) is 0. The lowest BCUT2D eigenvalue weighted by molar-refractivity contribution is 0.666. The molecule has 0 spiro atoms. The van der Waals surface area contributed by atoms with E-state index in [9.17, 15) is 0 Å². The van der Waals surface area contributed by atoms with Crippen LogP contribution in [0, 0.1) is 0 Å². The van der Waals surface area contributed by atoms with E-state index < -0.39 is 0 Å². The summed E-state index contributed by atoms with van der Waals surface area (Å²) in [5, 5.41) is 2.56. The average Bonchev–Trinajstić information content (AvgIpc) is 3.33. The highest BCUT2D eigenvalue weighted by molar-refractivity contribution is 6.09. The molecular formula is C43H33N. The minimum absolute atomic E-state index is 0.136. The fourth-order valence-electron chi connectivity index (χ4n) is 7.21. The molecule has 0 unspecified atom stereocenters. The summed E-state index contributed by atoms with van der Waals surface area (Å²) in [6.45, 7) is 4.77. The number of benzene rings is 7. The van der Waals surface area contributed by atoms with E-state index in [0.29, 0.717) is 0 Å². The van der Waals surface area contributed by atoms with Crippen LogP contribution in [0.3, 0.4) is 0 Å². The summed E-state index contributed by atoms with van der Waals surface area (Å²) in [4.78, 5) is 2.42. The van der Waals surface area contributed by atoms with E-state index in [1.165, 1.54) is 61.0 Å². The Morgan fingerprint density at radius 3 is 1.66 bits per heavy atom. The molecule has 7 aromatic rings. The van der Waals surface area contributed by atoms with Crippen LogP contribution in [-0.2, 0) is 5.41 Å². The predicted octanol–water partition coefficient (Wildman–Crippen LogP) is 11.9. The van der Waals surface area contributed by atoms with Crippen LogP contribution in [-0.4, -0.2) is 0 Å². The molecule has 0 saturated heterocycles. The van der Waals surface area contributed by atoms with E-state index in [2.05, 4.69) is 183 Å². The van der Waals surface area contributed by atoms with Crippen LogP contribution in [0.4, 0.5) is 17.1 Å². The summed E-state index contributed by atoms with van der Waals surface area (Å²) in [5.41, 5.74) is 13.7. The number of fused-ring (bicyclic) bond motifs is 5. The Bertz CT molecular complexity index is 2110. The Kier molecular flexibility index (Phi) is 6.20. The second-order valence-electron chi connectivity index (χ2n) is 12.2. The lowest BCUT2D eigenvalue weighted by Crippen LogP contribution is -2.16. The molecule has 0 atom stereocenters. The third-order valence-electron chi connectivity index (χ3n) is 9.23. The Morgan fingerprint density at radius 1 is 0.432 bits per heavy atom. The van der Waals surface area contributed by atoms with Gasteiger partial charge in [0.05, 0.1) is 5.69 Å². The van der Waals surface area contributed by atoms with Crippen LogP contribution < -0.4 is 4.90 Å². The maximum absolute atomic E-state index is 2.45. The lowest BCUT2D eigenvalue weighted by atomic mass is 9.79. The van der Waals surface area contributed by atoms with Crippen molar-refractivity contribution in [2.45, 2.75) is 19.3 Å². The van der Waals surface area contributed by atoms with Gasteiger partial charge in [0.15, 0.2) is 0 Å². The summed E-state index contributed by atoms with van der Waals surface area (Å²) >= 11 is 0. The highest BCUT2D eigenvalue weighted by Gasteiger charge is 2.39. The molecule has 210 valence electrons. The molecule has 0 fully saturated rings. The van der Waals surface area contributed by atoms with E-state index in [-0.39, 0.29) is 5.41 Å². The van der Waals surface area contributed by atoms with E-state index in [1.807, 2.05) is 0 Å². The number of anilines is 3. The van der Waals surface area contributed by atoms with Crippen molar-refractivity contribution in [2.24, 2.45) is 0 Å². The summed E-state index contributed by atoms with van der Waals surface area (Å²) in [7, 11) is 0. The Balaban J connectivity index is 1.40. The smallest absolute Gasteiger partial charge is 0.0546 e. The van der Waals surface area contributed by atoms with Crippen molar-refractivity contribution in [3.05, 3.63) is 175 Å². The third-order valence-corrected chi connectivity index (χ3v) is 9.23. The third kappa shape index (κ3) is 4.16. The number of para-hydroxylation sites is 1. The molecule has 44 heavy (non-hydrogen) atoms. The molecule has 0 saturated carbocycles. The van der Waals surface area contributed by atoms with Gasteiger partial charge in [-0.2, -0.15) is 0 Å². The summed E-state index contributed by atoms with van der Waals surface area (Å²) < 4.78 is 0. The molecule has 0 bridgehead atoms. The standard InChI is InChI=1S/C43H33N/c1-43(2)39-24-14-23-35(32-17-8-4-9-18-32)41(39)38-29-40(36-21-12-13-22-37(36)42(38)43)44(33-19-10-5-11-20-33)34-27-25-31(26-28-34)30-15-6-3-7-16-30/h3-29H,1-2H3. The van der Waals surface area contributed by atoms with Crippen LogP contribution in [0.15, 0.2) is 164 Å². The first-order chi connectivity index (χ1) is 21.6. The van der Waals surface area contributed by atoms with Gasteiger partial charge < -0.3 is 4.90 Å². The van der Waals surface area contributed by atoms with Crippen LogP contribution in [0.1, 0.15) is 25.0 Å². The summed E-state index contributed by atoms with van der Waals surface area (Å²) in [6.07, 6.45) is 0. The average molecular weight is 564 g/mol. The molecule has 0 aliphatic heterocycles. The molecule has 7 aromatic carbocycles. The van der Waals surface area contributed by atoms with Gasteiger partial charge >= 0.3 is 0 Å². The van der Waals surface area contributed by atoms with Crippen molar-refractivity contribution in [2.75, 3.05) is 4.90 Å². The number of nitrogens with zero attached hydrogens (tertiary/aromatic N) is 1. The van der Waals surface area contributed by atoms with Gasteiger partial charge in [0.1, 0.15) is 0 Å². The van der Waals surface area contributed by atoms with Crippen LogP contribution >= 0.6 is 0 Å². The molecule has 0 N–H and O–H groups in total. The van der Waals surface area contributed by atoms with Gasteiger partial charge in [0.2, 0.25) is 0 Å². The molecule has 1 heteroatoms. The number of hydrogen-bond acceptors (Lipinski definition) is 1. The van der Waals surface area contributed by atoms with Gasteiger partial charge in [-0.1, -0.05) is 147 Å². The molecule has 1 aliphatic carbocycles. The van der Waals surface area contributed by atoms with Crippen molar-refractivity contribution in [3.8, 4) is 33.4 Å². The predicted molar refractivity (Wildman–Crippen MR) is 187 cm³/mol. The van der Waals surface area contributed by atoms with Gasteiger partial charge in [-0.3, -0.25) is 0 Å². The maximum atomic E-state index is 2.45. The normalized spacial score (nSPS) is 13.0. The van der Waals surface area contributed by atoms with Crippen molar-refractivity contribution in [1.29, 1.82) is 0 Å². The van der Waals surface area contributed by atoms with Crippen LogP contribution in [0.25, 0.3) is 44.2 Å². The zero-order valence-electron chi connectivity index (χ0n) is 25.0. The maximum Gasteiger partial charge on any atom is 0.0546 e. The van der Waals surface area contributed by atoms with E-state index in [1.54, 1.807) is 0 Å². The summed E-state index contributed by atoms with van der Waals surface area (Å²) in [6, 6.07) is 59.4. The number of rotatable bonds is 5. The Labute approximate surface area is 259 Å². The largest absolute Gasteiger partial charge is 0.310 e. The van der Waals surface area contributed by atoms with Gasteiger partial charge in [0.25, 0.3) is 0 Å². The molecule has 0 amide bonds. The fourth-order valence-corrected chi connectivity index (χ4v) is 7.21. The van der Waals surface area contributed by atoms with Crippen LogP contribution in [0.5, 0.6) is 0 Å². The molecule has 1 nitrogen and oxygen atoms in total. The molecule has 0 heterocycles. The highest BCUT2D eigenvalue weighted by atomic mass is 15.1. The van der Waals surface area contributed by atoms with Gasteiger partial charge in [-0.15, -0.1) is 0 Å². The number of hydrogen-bond donors (Lipinski definition) is 0. The zero-order chi connectivity index (χ0) is 29.7. The van der Waals surface area contributed by atoms with Crippen molar-refractivity contribution in [3.63, 3.8) is 0 Å². The second-order valence-corrected chi connectivity index (χ2v) is 12.2. The monoisotopic (exact) mass is 563 g/mol. The molecule has 8 rings (SSSR count). The Morgan fingerprint density at radius 2 is 0.977 bits per heavy atom. The topological polar surface area (TPSA) is 3.24 Å². The SMILES string of the molecule is CC1(C)c2cccc(-c3ccccc3)c2-c2cc(N(c3ccccc3)c3ccc(-c4ccccc4)cc3)c3ccccc3c21. The first kappa shape index (κ1) is 26.2. The molecule has 0 aromatic heterocycles. The fraction of sp³-hybridized carbons (Fsp3) is 0.0698. The van der Waals surface area contributed by atoms with Crippen molar-refractivity contribution < 1.29 is 0 Å². The minimum Gasteiger partial charge on any atom is -0.310 e. The first-order valence-corrected chi connectivity index (χ1v) is 15.4. The van der Waals surface area contributed by atoms with E-state index in [0.717, 1.165) is 11.4 Å².